The van der Waals surface area contributed by atoms with Crippen molar-refractivity contribution in [3.63, 3.8) is 0 Å². The standard InChI is InChI=1S/C27H36O4Si/c1-21(14-13-19-30-23(3)28)26(29)22(2)20-31-32(27(4,5)6,24-15-9-7-10-16-24)25-17-11-8-12-18-25/h7-12,15-18,21-22,26,29H,19-20H2,1-6H3/t21-,22+,26-/m0/s1. The zero-order valence-corrected chi connectivity index (χ0v) is 21.1. The van der Waals surface area contributed by atoms with Gasteiger partial charge in [0.1, 0.15) is 0 Å². The summed E-state index contributed by atoms with van der Waals surface area (Å²) in [6.45, 7) is 12.4. The molecule has 0 spiro atoms. The van der Waals surface area contributed by atoms with Crippen molar-refractivity contribution in [3.05, 3.63) is 60.7 Å². The Morgan fingerprint density at radius 1 is 1.00 bits per heavy atom. The van der Waals surface area contributed by atoms with Crippen molar-refractivity contribution in [2.75, 3.05) is 13.2 Å². The van der Waals surface area contributed by atoms with Gasteiger partial charge in [-0.05, 0) is 22.3 Å². The predicted molar refractivity (Wildman–Crippen MR) is 132 cm³/mol. The molecule has 32 heavy (non-hydrogen) atoms. The zero-order valence-electron chi connectivity index (χ0n) is 20.1. The highest BCUT2D eigenvalue weighted by Crippen LogP contribution is 2.37. The molecule has 0 amide bonds. The van der Waals surface area contributed by atoms with E-state index in [9.17, 15) is 9.90 Å². The first-order valence-corrected chi connectivity index (χ1v) is 13.0. The van der Waals surface area contributed by atoms with Crippen LogP contribution in [0, 0.1) is 23.7 Å². The molecule has 0 saturated heterocycles. The molecule has 0 aliphatic carbocycles. The summed E-state index contributed by atoms with van der Waals surface area (Å²) in [5, 5.41) is 13.2. The van der Waals surface area contributed by atoms with Gasteiger partial charge in [0.25, 0.3) is 8.32 Å². The average molecular weight is 453 g/mol. The van der Waals surface area contributed by atoms with Crippen LogP contribution in [0.3, 0.4) is 0 Å². The second-order valence-corrected chi connectivity index (χ2v) is 13.6. The number of rotatable bonds is 8. The molecule has 1 N–H and O–H groups in total. The van der Waals surface area contributed by atoms with Crippen molar-refractivity contribution >= 4 is 24.7 Å². The van der Waals surface area contributed by atoms with Gasteiger partial charge in [-0.2, -0.15) is 0 Å². The Balaban J connectivity index is 2.28. The van der Waals surface area contributed by atoms with Crippen LogP contribution >= 0.6 is 0 Å². The maximum Gasteiger partial charge on any atom is 0.303 e. The first-order valence-electron chi connectivity index (χ1n) is 11.1. The van der Waals surface area contributed by atoms with Gasteiger partial charge in [0.15, 0.2) is 6.61 Å². The number of esters is 1. The predicted octanol–water partition coefficient (Wildman–Crippen LogP) is 3.76. The van der Waals surface area contributed by atoms with E-state index in [-0.39, 0.29) is 29.5 Å². The van der Waals surface area contributed by atoms with Crippen LogP contribution in [-0.4, -0.2) is 38.7 Å². The van der Waals surface area contributed by atoms with Gasteiger partial charge in [-0.15, -0.1) is 0 Å². The molecule has 0 radical (unpaired) electrons. The van der Waals surface area contributed by atoms with Crippen LogP contribution in [0.2, 0.25) is 5.04 Å². The summed E-state index contributed by atoms with van der Waals surface area (Å²) in [4.78, 5) is 10.9. The monoisotopic (exact) mass is 452 g/mol. The van der Waals surface area contributed by atoms with Crippen LogP contribution in [0.4, 0.5) is 0 Å². The Morgan fingerprint density at radius 2 is 1.50 bits per heavy atom. The molecule has 0 fully saturated rings. The van der Waals surface area contributed by atoms with Gasteiger partial charge >= 0.3 is 5.97 Å². The molecular weight excluding hydrogens is 416 g/mol. The molecule has 0 bridgehead atoms. The number of aliphatic hydroxyl groups excluding tert-OH is 1. The minimum Gasteiger partial charge on any atom is -0.453 e. The third-order valence-corrected chi connectivity index (χ3v) is 10.8. The highest BCUT2D eigenvalue weighted by Gasteiger charge is 2.50. The number of benzene rings is 2. The van der Waals surface area contributed by atoms with Gasteiger partial charge < -0.3 is 14.3 Å². The second kappa shape index (κ2) is 11.5. The Hall–Kier alpha value is -2.39. The lowest BCUT2D eigenvalue weighted by Gasteiger charge is -2.44. The lowest BCUT2D eigenvalue weighted by atomic mass is 9.94. The number of hydrogen-bond donors (Lipinski definition) is 1. The summed E-state index contributed by atoms with van der Waals surface area (Å²) in [7, 11) is -2.64. The summed E-state index contributed by atoms with van der Waals surface area (Å²) < 4.78 is 11.8. The molecule has 0 aliphatic rings. The quantitative estimate of drug-likeness (QED) is 0.376. The molecule has 3 atom stereocenters. The maximum atomic E-state index is 10.9. The van der Waals surface area contributed by atoms with E-state index in [1.165, 1.54) is 17.3 Å². The Bertz CT molecular complexity index is 870. The van der Waals surface area contributed by atoms with E-state index in [0.29, 0.717) is 6.61 Å². The molecule has 0 unspecified atom stereocenters. The molecule has 0 saturated carbocycles. The van der Waals surface area contributed by atoms with Crippen LogP contribution in [0.1, 0.15) is 41.5 Å². The smallest absolute Gasteiger partial charge is 0.303 e. The van der Waals surface area contributed by atoms with Gasteiger partial charge in [0.05, 0.1) is 6.10 Å². The van der Waals surface area contributed by atoms with Crippen molar-refractivity contribution in [2.24, 2.45) is 11.8 Å². The highest BCUT2D eigenvalue weighted by atomic mass is 28.4. The van der Waals surface area contributed by atoms with Gasteiger partial charge in [-0.25, -0.2) is 0 Å². The second-order valence-electron chi connectivity index (χ2n) is 9.33. The molecule has 172 valence electrons. The topological polar surface area (TPSA) is 55.8 Å². The van der Waals surface area contributed by atoms with E-state index in [4.69, 9.17) is 9.16 Å². The number of carbonyl (C=O) groups is 1. The molecule has 2 aromatic rings. The third kappa shape index (κ3) is 6.32. The first-order chi connectivity index (χ1) is 15.1. The van der Waals surface area contributed by atoms with Crippen molar-refractivity contribution in [1.29, 1.82) is 0 Å². The molecule has 0 aromatic heterocycles. The van der Waals surface area contributed by atoms with E-state index in [1.54, 1.807) is 0 Å². The van der Waals surface area contributed by atoms with Crippen molar-refractivity contribution < 1.29 is 19.1 Å². The van der Waals surface area contributed by atoms with Crippen molar-refractivity contribution in [2.45, 2.75) is 52.7 Å². The van der Waals surface area contributed by atoms with E-state index >= 15 is 0 Å². The minimum absolute atomic E-state index is 0.0410. The molecule has 4 nitrogen and oxygen atoms in total. The normalized spacial score (nSPS) is 14.6. The summed E-state index contributed by atoms with van der Waals surface area (Å²) >= 11 is 0. The molecule has 2 aromatic carbocycles. The van der Waals surface area contributed by atoms with E-state index < -0.39 is 14.4 Å². The molecular formula is C27H36O4Si. The molecule has 0 aliphatic heterocycles. The fourth-order valence-electron chi connectivity index (χ4n) is 4.04. The van der Waals surface area contributed by atoms with Crippen LogP contribution in [-0.2, 0) is 14.0 Å². The van der Waals surface area contributed by atoms with Crippen LogP contribution in [0.5, 0.6) is 0 Å². The van der Waals surface area contributed by atoms with E-state index in [0.717, 1.165) is 0 Å². The van der Waals surface area contributed by atoms with Crippen LogP contribution in [0.25, 0.3) is 0 Å². The van der Waals surface area contributed by atoms with Gasteiger partial charge in [-0.1, -0.05) is 100 Å². The van der Waals surface area contributed by atoms with Gasteiger partial charge in [0, 0.05) is 25.4 Å². The first kappa shape index (κ1) is 25.9. The van der Waals surface area contributed by atoms with Crippen molar-refractivity contribution in [1.82, 2.24) is 0 Å². The SMILES string of the molecule is CC(=O)OCC#C[C@H](C)[C@H](O)[C@H](C)CO[Si](c1ccccc1)(c1ccccc1)C(C)(C)C. The molecule has 2 rings (SSSR count). The fourth-order valence-corrected chi connectivity index (χ4v) is 8.70. The Labute approximate surface area is 194 Å². The van der Waals surface area contributed by atoms with Crippen LogP contribution < -0.4 is 10.4 Å². The zero-order chi connectivity index (χ0) is 23.8. The maximum absolute atomic E-state index is 10.9. The molecule has 5 heteroatoms. The highest BCUT2D eigenvalue weighted by molar-refractivity contribution is 6.99. The summed E-state index contributed by atoms with van der Waals surface area (Å²) in [6.07, 6.45) is -0.655. The van der Waals surface area contributed by atoms with Gasteiger partial charge in [0.2, 0.25) is 0 Å². The van der Waals surface area contributed by atoms with Crippen molar-refractivity contribution in [3.8, 4) is 11.8 Å². The summed E-state index contributed by atoms with van der Waals surface area (Å²) in [5.74, 6) is 5.06. The third-order valence-electron chi connectivity index (χ3n) is 5.75. The lowest BCUT2D eigenvalue weighted by molar-refractivity contribution is -0.139. The lowest BCUT2D eigenvalue weighted by Crippen LogP contribution is -2.67. The summed E-state index contributed by atoms with van der Waals surface area (Å²) in [5.41, 5.74) is 0. The largest absolute Gasteiger partial charge is 0.453 e. The number of ether oxygens (including phenoxy) is 1. The Morgan fingerprint density at radius 3 is 1.94 bits per heavy atom. The Kier molecular flexibility index (Phi) is 9.27. The summed E-state index contributed by atoms with van der Waals surface area (Å²) in [6, 6.07) is 21.0. The fraction of sp³-hybridized carbons (Fsp3) is 0.444. The molecule has 0 heterocycles. The van der Waals surface area contributed by atoms with E-state index in [1.807, 2.05) is 26.0 Å². The van der Waals surface area contributed by atoms with E-state index in [2.05, 4.69) is 81.1 Å². The number of aliphatic hydroxyl groups is 1. The minimum atomic E-state index is -2.64. The van der Waals surface area contributed by atoms with Crippen LogP contribution in [0.15, 0.2) is 60.7 Å². The van der Waals surface area contributed by atoms with Gasteiger partial charge in [-0.3, -0.25) is 4.79 Å². The number of hydrogen-bond acceptors (Lipinski definition) is 4. The number of carbonyl (C=O) groups excluding carboxylic acids is 1. The average Bonchev–Trinajstić information content (AvgIpc) is 2.76.